The van der Waals surface area contributed by atoms with E-state index in [1.165, 1.54) is 7.11 Å². The number of ether oxygens (including phenoxy) is 1. The minimum absolute atomic E-state index is 0.0501. The molecule has 0 bridgehead atoms. The fraction of sp³-hybridized carbons (Fsp3) is 0.714. The molecule has 0 saturated carbocycles. The normalized spacial score (nSPS) is 18.0. The van der Waals surface area contributed by atoms with Crippen LogP contribution in [0.4, 0.5) is 0 Å². The fourth-order valence-electron chi connectivity index (χ4n) is 2.49. The third-order valence-corrected chi connectivity index (χ3v) is 4.16. The number of hydrogen-bond acceptors (Lipinski definition) is 7. The molecule has 0 spiro atoms. The third-order valence-electron chi connectivity index (χ3n) is 3.61. The number of piperidine rings is 1. The highest BCUT2D eigenvalue weighted by molar-refractivity contribution is 7.97. The molecule has 1 aliphatic rings. The lowest BCUT2D eigenvalue weighted by Crippen LogP contribution is -2.46. The van der Waals surface area contributed by atoms with Crippen LogP contribution < -0.4 is 5.32 Å². The van der Waals surface area contributed by atoms with E-state index in [4.69, 9.17) is 9.26 Å². The van der Waals surface area contributed by atoms with Crippen LogP contribution in [0.15, 0.2) is 4.52 Å². The maximum absolute atomic E-state index is 12.3. The summed E-state index contributed by atoms with van der Waals surface area (Å²) in [4.78, 5) is 30.0. The van der Waals surface area contributed by atoms with Crippen LogP contribution in [0.3, 0.4) is 0 Å². The zero-order chi connectivity index (χ0) is 16.7. The monoisotopic (exact) mass is 342 g/mol. The fourth-order valence-corrected chi connectivity index (χ4v) is 2.86. The van der Waals surface area contributed by atoms with Crippen molar-refractivity contribution in [2.45, 2.75) is 25.1 Å². The van der Waals surface area contributed by atoms with E-state index in [1.807, 2.05) is 6.26 Å². The van der Waals surface area contributed by atoms with Crippen LogP contribution >= 0.6 is 11.8 Å². The molecule has 1 saturated heterocycles. The molecular formula is C14H22N4O4S. The van der Waals surface area contributed by atoms with Crippen LogP contribution in [0.25, 0.3) is 0 Å². The summed E-state index contributed by atoms with van der Waals surface area (Å²) in [7, 11) is 1.49. The van der Waals surface area contributed by atoms with Gasteiger partial charge >= 0.3 is 0 Å². The Balaban J connectivity index is 1.81. The summed E-state index contributed by atoms with van der Waals surface area (Å²) in [5.74, 6) is 1.31. The van der Waals surface area contributed by atoms with Gasteiger partial charge in [0, 0.05) is 20.2 Å². The van der Waals surface area contributed by atoms with Crippen LogP contribution in [0.1, 0.15) is 24.6 Å². The molecule has 2 rings (SSSR count). The van der Waals surface area contributed by atoms with E-state index in [0.717, 1.165) is 12.8 Å². The third kappa shape index (κ3) is 5.21. The summed E-state index contributed by atoms with van der Waals surface area (Å²) in [6.07, 6.45) is 3.54. The summed E-state index contributed by atoms with van der Waals surface area (Å²) >= 11 is 1.60. The van der Waals surface area contributed by atoms with Gasteiger partial charge in [-0.15, -0.1) is 0 Å². The second-order valence-electron chi connectivity index (χ2n) is 5.37. The molecule has 1 atom stereocenters. The molecule has 23 heavy (non-hydrogen) atoms. The molecule has 0 aromatic carbocycles. The van der Waals surface area contributed by atoms with Gasteiger partial charge in [-0.25, -0.2) is 0 Å². The summed E-state index contributed by atoms with van der Waals surface area (Å²) < 4.78 is 9.93. The van der Waals surface area contributed by atoms with Crippen molar-refractivity contribution in [3.8, 4) is 0 Å². The Hall–Kier alpha value is -1.61. The number of nitrogens with one attached hydrogen (secondary N) is 1. The van der Waals surface area contributed by atoms with E-state index in [1.54, 1.807) is 16.7 Å². The van der Waals surface area contributed by atoms with Gasteiger partial charge in [0.15, 0.2) is 5.82 Å². The predicted molar refractivity (Wildman–Crippen MR) is 84.5 cm³/mol. The molecule has 8 nitrogen and oxygen atoms in total. The van der Waals surface area contributed by atoms with Gasteiger partial charge in [0.05, 0.1) is 18.2 Å². The molecular weight excluding hydrogens is 320 g/mol. The maximum atomic E-state index is 12.3. The second-order valence-corrected chi connectivity index (χ2v) is 6.23. The zero-order valence-corrected chi connectivity index (χ0v) is 14.2. The van der Waals surface area contributed by atoms with Gasteiger partial charge in [0.1, 0.15) is 6.61 Å². The number of methoxy groups -OCH3 is 1. The van der Waals surface area contributed by atoms with E-state index >= 15 is 0 Å². The van der Waals surface area contributed by atoms with Crippen LogP contribution in [-0.4, -0.2) is 59.9 Å². The molecule has 0 unspecified atom stereocenters. The maximum Gasteiger partial charge on any atom is 0.248 e. The number of likely N-dealkylation sites (tertiary alicyclic amines) is 1. The molecule has 1 aromatic rings. The highest BCUT2D eigenvalue weighted by atomic mass is 32.2. The summed E-state index contributed by atoms with van der Waals surface area (Å²) in [6.45, 7) is 1.36. The van der Waals surface area contributed by atoms with Gasteiger partial charge < -0.3 is 19.5 Å². The number of amides is 2. The standard InChI is InChI=1S/C14H22N4O4S/c1-21-8-13(19)18-5-3-4-10(7-18)14(20)15-6-12-16-11(9-23-2)17-22-12/h10H,3-9H2,1-2H3,(H,15,20)/t10-/m0/s1. The first-order valence-corrected chi connectivity index (χ1v) is 8.88. The minimum Gasteiger partial charge on any atom is -0.375 e. The van der Waals surface area contributed by atoms with Crippen molar-refractivity contribution in [2.75, 3.05) is 33.1 Å². The first kappa shape index (κ1) is 17.7. The first-order chi connectivity index (χ1) is 11.1. The zero-order valence-electron chi connectivity index (χ0n) is 13.4. The van der Waals surface area contributed by atoms with Crippen molar-refractivity contribution < 1.29 is 18.8 Å². The Labute approximate surface area is 139 Å². The van der Waals surface area contributed by atoms with Crippen molar-refractivity contribution in [2.24, 2.45) is 5.92 Å². The van der Waals surface area contributed by atoms with Crippen molar-refractivity contribution >= 4 is 23.6 Å². The van der Waals surface area contributed by atoms with Crippen molar-refractivity contribution in [1.29, 1.82) is 0 Å². The van der Waals surface area contributed by atoms with Crippen molar-refractivity contribution in [3.63, 3.8) is 0 Å². The number of thioether (sulfide) groups is 1. The average molecular weight is 342 g/mol. The molecule has 0 radical (unpaired) electrons. The molecule has 2 heterocycles. The van der Waals surface area contributed by atoms with E-state index < -0.39 is 0 Å². The molecule has 0 aliphatic carbocycles. The largest absolute Gasteiger partial charge is 0.375 e. The number of nitrogens with zero attached hydrogens (tertiary/aromatic N) is 3. The van der Waals surface area contributed by atoms with Crippen LogP contribution in [0, 0.1) is 5.92 Å². The Kier molecular flexibility index (Phi) is 6.85. The van der Waals surface area contributed by atoms with Gasteiger partial charge in [-0.1, -0.05) is 5.16 Å². The van der Waals surface area contributed by atoms with Gasteiger partial charge in [0.2, 0.25) is 17.7 Å². The second kappa shape index (κ2) is 8.88. The van der Waals surface area contributed by atoms with Crippen molar-refractivity contribution in [3.05, 3.63) is 11.7 Å². The van der Waals surface area contributed by atoms with Crippen LogP contribution in [0.2, 0.25) is 0 Å². The Morgan fingerprint density at radius 3 is 3.09 bits per heavy atom. The predicted octanol–water partition coefficient (Wildman–Crippen LogP) is 0.434. The Morgan fingerprint density at radius 1 is 1.52 bits per heavy atom. The van der Waals surface area contributed by atoms with Gasteiger partial charge in [0.25, 0.3) is 0 Å². The van der Waals surface area contributed by atoms with E-state index in [9.17, 15) is 9.59 Å². The van der Waals surface area contributed by atoms with E-state index in [-0.39, 0.29) is 30.9 Å². The smallest absolute Gasteiger partial charge is 0.248 e. The summed E-state index contributed by atoms with van der Waals surface area (Å²) in [5, 5.41) is 6.63. The topological polar surface area (TPSA) is 97.6 Å². The quantitative estimate of drug-likeness (QED) is 0.767. The molecule has 128 valence electrons. The van der Waals surface area contributed by atoms with Gasteiger partial charge in [-0.2, -0.15) is 16.7 Å². The van der Waals surface area contributed by atoms with Crippen molar-refractivity contribution in [1.82, 2.24) is 20.4 Å². The first-order valence-electron chi connectivity index (χ1n) is 7.49. The van der Waals surface area contributed by atoms with Crippen LogP contribution in [-0.2, 0) is 26.6 Å². The SMILES string of the molecule is COCC(=O)N1CCC[C@H](C(=O)NCc2nc(CSC)no2)C1. The lowest BCUT2D eigenvalue weighted by molar-refractivity contribution is -0.139. The Bertz CT molecular complexity index is 537. The highest BCUT2D eigenvalue weighted by Gasteiger charge is 2.28. The van der Waals surface area contributed by atoms with E-state index in [0.29, 0.717) is 30.6 Å². The molecule has 1 aliphatic heterocycles. The number of carbonyl (C=O) groups excluding carboxylic acids is 2. The molecule has 1 aromatic heterocycles. The summed E-state index contributed by atoms with van der Waals surface area (Å²) in [5.41, 5.74) is 0. The number of rotatable bonds is 7. The highest BCUT2D eigenvalue weighted by Crippen LogP contribution is 2.17. The average Bonchev–Trinajstić information content (AvgIpc) is 3.01. The van der Waals surface area contributed by atoms with Gasteiger partial charge in [-0.05, 0) is 19.1 Å². The molecule has 9 heteroatoms. The van der Waals surface area contributed by atoms with E-state index in [2.05, 4.69) is 15.5 Å². The Morgan fingerprint density at radius 2 is 2.35 bits per heavy atom. The van der Waals surface area contributed by atoms with Crippen LogP contribution in [0.5, 0.6) is 0 Å². The number of aromatic nitrogens is 2. The molecule has 2 amide bonds. The van der Waals surface area contributed by atoms with Gasteiger partial charge in [-0.3, -0.25) is 9.59 Å². The lowest BCUT2D eigenvalue weighted by atomic mass is 9.97. The number of carbonyl (C=O) groups is 2. The lowest BCUT2D eigenvalue weighted by Gasteiger charge is -2.31. The minimum atomic E-state index is -0.210. The number of hydrogen-bond donors (Lipinski definition) is 1. The molecule has 1 N–H and O–H groups in total. The molecule has 1 fully saturated rings. The summed E-state index contributed by atoms with van der Waals surface area (Å²) in [6, 6.07) is 0.